The Bertz CT molecular complexity index is 1190. The lowest BCUT2D eigenvalue weighted by Crippen LogP contribution is -1.97. The molecule has 2 heterocycles. The highest BCUT2D eigenvalue weighted by atomic mass is 32.2. The number of thiol groups is 1. The number of anilines is 2. The molecule has 0 aliphatic heterocycles. The van der Waals surface area contributed by atoms with Crippen molar-refractivity contribution in [1.29, 1.82) is 4.78 Å². The van der Waals surface area contributed by atoms with Crippen LogP contribution in [0.5, 0.6) is 0 Å². The molecule has 0 amide bonds. The quantitative estimate of drug-likeness (QED) is 0.374. The van der Waals surface area contributed by atoms with Crippen LogP contribution >= 0.6 is 11.3 Å². The maximum atomic E-state index is 11.3. The summed E-state index contributed by atoms with van der Waals surface area (Å²) in [6.07, 6.45) is 2.56. The van der Waals surface area contributed by atoms with Crippen molar-refractivity contribution in [2.75, 3.05) is 5.32 Å². The lowest BCUT2D eigenvalue weighted by Gasteiger charge is -2.07. The summed E-state index contributed by atoms with van der Waals surface area (Å²) in [6, 6.07) is 12.5. The Morgan fingerprint density at radius 1 is 1.20 bits per heavy atom. The van der Waals surface area contributed by atoms with Crippen molar-refractivity contribution in [2.45, 2.75) is 4.90 Å². The Labute approximate surface area is 148 Å². The third-order valence-electron chi connectivity index (χ3n) is 3.72. The van der Waals surface area contributed by atoms with Crippen LogP contribution in [-0.4, -0.2) is 20.5 Å². The summed E-state index contributed by atoms with van der Waals surface area (Å²) in [5.41, 5.74) is 1.43. The molecule has 2 N–H and O–H groups in total. The van der Waals surface area contributed by atoms with Gasteiger partial charge in [-0.15, -0.1) is 11.3 Å². The van der Waals surface area contributed by atoms with Gasteiger partial charge in [0.1, 0.15) is 0 Å². The van der Waals surface area contributed by atoms with E-state index in [1.165, 1.54) is 11.3 Å². The van der Waals surface area contributed by atoms with Crippen molar-refractivity contribution in [3.63, 3.8) is 0 Å². The molecule has 4 rings (SSSR count). The van der Waals surface area contributed by atoms with E-state index in [1.54, 1.807) is 30.5 Å². The molecule has 124 valence electrons. The van der Waals surface area contributed by atoms with Crippen molar-refractivity contribution < 1.29 is 9.00 Å². The normalized spacial score (nSPS) is 12.3. The zero-order valence-corrected chi connectivity index (χ0v) is 14.5. The largest absolute Gasteiger partial charge is 0.324 e. The van der Waals surface area contributed by atoms with Gasteiger partial charge >= 0.3 is 0 Å². The number of carbonyl (C=O) groups is 1. The topological polar surface area (TPSA) is 95.8 Å². The first-order valence-electron chi connectivity index (χ1n) is 7.34. The van der Waals surface area contributed by atoms with Crippen LogP contribution in [0.4, 0.5) is 11.6 Å². The van der Waals surface area contributed by atoms with E-state index in [-0.39, 0.29) is 0 Å². The summed E-state index contributed by atoms with van der Waals surface area (Å²) in [5.74, 6) is 0.399. The van der Waals surface area contributed by atoms with Crippen LogP contribution in [-0.2, 0) is 10.6 Å². The van der Waals surface area contributed by atoms with Crippen molar-refractivity contribution in [1.82, 2.24) is 9.97 Å². The Morgan fingerprint density at radius 2 is 2.08 bits per heavy atom. The molecule has 2 aromatic carbocycles. The summed E-state index contributed by atoms with van der Waals surface area (Å²) >= 11 is 1.42. The number of nitrogens with one attached hydrogen (secondary N) is 2. The highest BCUT2D eigenvalue weighted by Crippen LogP contribution is 2.31. The van der Waals surface area contributed by atoms with Gasteiger partial charge in [0.15, 0.2) is 6.29 Å². The second-order valence-electron chi connectivity index (χ2n) is 5.35. The molecule has 0 fully saturated rings. The predicted octanol–water partition coefficient (Wildman–Crippen LogP) is 4.00. The summed E-state index contributed by atoms with van der Waals surface area (Å²) in [5, 5.41) is 4.88. The van der Waals surface area contributed by atoms with Gasteiger partial charge in [0, 0.05) is 32.3 Å². The Balaban J connectivity index is 1.80. The number of hydrogen-bond donors (Lipinski definition) is 3. The predicted molar refractivity (Wildman–Crippen MR) is 101 cm³/mol. The Morgan fingerprint density at radius 3 is 2.88 bits per heavy atom. The van der Waals surface area contributed by atoms with Crippen molar-refractivity contribution in [2.24, 2.45) is 0 Å². The summed E-state index contributed by atoms with van der Waals surface area (Å²) in [7, 11) is -2.15. The SMILES string of the molecule is N=[SH](=O)c1cccc(Nc2ncc3ccc4sc(C=O)cc4c3n2)c1. The first kappa shape index (κ1) is 15.7. The average molecular weight is 368 g/mol. The first-order valence-corrected chi connectivity index (χ1v) is 9.42. The highest BCUT2D eigenvalue weighted by Gasteiger charge is 2.08. The fourth-order valence-corrected chi connectivity index (χ4v) is 3.94. The molecule has 0 aliphatic rings. The van der Waals surface area contributed by atoms with Crippen molar-refractivity contribution in [3.8, 4) is 0 Å². The molecule has 25 heavy (non-hydrogen) atoms. The standard InChI is InChI=1S/C17H12N4O2S2/c18-25(23)13-3-1-2-11(6-13)20-17-19-8-10-4-5-15-14(16(10)21-17)7-12(9-22)24-15/h1-9,18,25H,(H,19,20,21). The monoisotopic (exact) mass is 368 g/mol. The number of nitrogens with zero attached hydrogens (tertiary/aromatic N) is 2. The van der Waals surface area contributed by atoms with Gasteiger partial charge in [-0.05, 0) is 36.4 Å². The molecule has 0 saturated carbocycles. The molecule has 4 aromatic rings. The molecule has 2 aromatic heterocycles. The fraction of sp³-hybridized carbons (Fsp3) is 0. The van der Waals surface area contributed by atoms with Gasteiger partial charge in [0.05, 0.1) is 21.0 Å². The molecule has 8 heteroatoms. The van der Waals surface area contributed by atoms with Gasteiger partial charge in [-0.2, -0.15) is 0 Å². The molecule has 0 spiro atoms. The van der Waals surface area contributed by atoms with Crippen LogP contribution in [0, 0.1) is 4.78 Å². The highest BCUT2D eigenvalue weighted by molar-refractivity contribution is 7.73. The number of benzene rings is 2. The summed E-state index contributed by atoms with van der Waals surface area (Å²) < 4.78 is 19.7. The van der Waals surface area contributed by atoms with E-state index >= 15 is 0 Å². The lowest BCUT2D eigenvalue weighted by atomic mass is 10.2. The molecule has 0 radical (unpaired) electrons. The minimum Gasteiger partial charge on any atom is -0.324 e. The molecule has 0 aliphatic carbocycles. The number of thiophene rings is 1. The number of rotatable bonds is 4. The third kappa shape index (κ3) is 2.97. The van der Waals surface area contributed by atoms with Crippen LogP contribution in [0.2, 0.25) is 0 Å². The molecular formula is C17H12N4O2S2. The number of fused-ring (bicyclic) bond motifs is 3. The van der Waals surface area contributed by atoms with Crippen LogP contribution in [0.15, 0.2) is 53.6 Å². The zero-order chi connectivity index (χ0) is 17.4. The van der Waals surface area contributed by atoms with Crippen LogP contribution < -0.4 is 5.32 Å². The maximum absolute atomic E-state index is 11.3. The first-order chi connectivity index (χ1) is 12.1. The third-order valence-corrected chi connectivity index (χ3v) is 5.49. The molecule has 0 bridgehead atoms. The van der Waals surface area contributed by atoms with E-state index in [0.717, 1.165) is 27.3 Å². The van der Waals surface area contributed by atoms with Crippen molar-refractivity contribution in [3.05, 3.63) is 53.5 Å². The number of aldehydes is 1. The average Bonchev–Trinajstić information content (AvgIpc) is 3.06. The van der Waals surface area contributed by atoms with Gasteiger partial charge in [-0.25, -0.2) is 14.2 Å². The zero-order valence-electron chi connectivity index (χ0n) is 12.8. The smallest absolute Gasteiger partial charge is 0.227 e. The molecule has 1 atom stereocenters. The van der Waals surface area contributed by atoms with Gasteiger partial charge in [0.25, 0.3) is 0 Å². The minimum atomic E-state index is -2.15. The Kier molecular flexibility index (Phi) is 3.90. The number of aromatic nitrogens is 2. The number of hydrogen-bond acceptors (Lipinski definition) is 7. The van der Waals surface area contributed by atoms with E-state index in [9.17, 15) is 9.00 Å². The van der Waals surface area contributed by atoms with Gasteiger partial charge in [0.2, 0.25) is 5.95 Å². The van der Waals surface area contributed by atoms with Crippen LogP contribution in [0.3, 0.4) is 0 Å². The van der Waals surface area contributed by atoms with Gasteiger partial charge < -0.3 is 5.32 Å². The van der Waals surface area contributed by atoms with Crippen LogP contribution in [0.25, 0.3) is 21.0 Å². The van der Waals surface area contributed by atoms with Gasteiger partial charge in [-0.3, -0.25) is 9.57 Å². The van der Waals surface area contributed by atoms with E-state index in [0.29, 0.717) is 21.4 Å². The van der Waals surface area contributed by atoms with E-state index in [2.05, 4.69) is 15.3 Å². The maximum Gasteiger partial charge on any atom is 0.227 e. The molecule has 1 unspecified atom stereocenters. The van der Waals surface area contributed by atoms with Crippen LogP contribution in [0.1, 0.15) is 9.67 Å². The lowest BCUT2D eigenvalue weighted by molar-refractivity contribution is 0.112. The molecular weight excluding hydrogens is 356 g/mol. The minimum absolute atomic E-state index is 0.399. The molecule has 0 saturated heterocycles. The fourth-order valence-electron chi connectivity index (χ4n) is 2.59. The summed E-state index contributed by atoms with van der Waals surface area (Å²) in [4.78, 5) is 21.0. The van der Waals surface area contributed by atoms with E-state index in [1.807, 2.05) is 18.2 Å². The molecule has 6 nitrogen and oxygen atoms in total. The second kappa shape index (κ2) is 6.23. The van der Waals surface area contributed by atoms with Crippen molar-refractivity contribution >= 4 is 60.8 Å². The summed E-state index contributed by atoms with van der Waals surface area (Å²) in [6.45, 7) is 0. The van der Waals surface area contributed by atoms with E-state index in [4.69, 9.17) is 4.78 Å². The Hall–Kier alpha value is -2.84. The van der Waals surface area contributed by atoms with E-state index < -0.39 is 10.6 Å². The second-order valence-corrected chi connectivity index (χ2v) is 7.57. The number of carbonyl (C=O) groups excluding carboxylic acids is 1. The van der Waals surface area contributed by atoms with Gasteiger partial charge in [-0.1, -0.05) is 6.07 Å².